The molecule has 0 spiro atoms. The number of nitrogens with zero attached hydrogens (tertiary/aromatic N) is 4. The van der Waals surface area contributed by atoms with Gasteiger partial charge in [-0.05, 0) is 31.5 Å². The Morgan fingerprint density at radius 3 is 2.33 bits per heavy atom. The Bertz CT molecular complexity index is 913. The molecule has 2 heterocycles. The van der Waals surface area contributed by atoms with Crippen molar-refractivity contribution in [2.75, 3.05) is 0 Å². The van der Waals surface area contributed by atoms with Crippen LogP contribution in [0.15, 0.2) is 58.8 Å². The molecule has 1 aromatic heterocycles. The number of hydrogen-bond donors (Lipinski definition) is 0. The lowest BCUT2D eigenvalue weighted by Gasteiger charge is -2.20. The van der Waals surface area contributed by atoms with E-state index in [2.05, 4.69) is 17.1 Å². The van der Waals surface area contributed by atoms with E-state index in [4.69, 9.17) is 5.10 Å². The fourth-order valence-corrected chi connectivity index (χ4v) is 3.55. The minimum absolute atomic E-state index is 0.123. The standard InChI is InChI=1S/C18H15FN4S/c1-11-3-5-14(6-4-11)17-20-21-18-23(17)22-16(12(2)24-18)13-7-9-15(19)10-8-13/h3-10,12H,1-2H3/t12-/m0/s1. The van der Waals surface area contributed by atoms with Crippen LogP contribution in [-0.2, 0) is 0 Å². The number of fused-ring (bicyclic) bond motifs is 1. The van der Waals surface area contributed by atoms with Gasteiger partial charge < -0.3 is 0 Å². The van der Waals surface area contributed by atoms with E-state index < -0.39 is 0 Å². The highest BCUT2D eigenvalue weighted by molar-refractivity contribution is 8.00. The molecule has 1 atom stereocenters. The van der Waals surface area contributed by atoms with Gasteiger partial charge in [-0.2, -0.15) is 9.78 Å². The molecule has 4 nitrogen and oxygen atoms in total. The van der Waals surface area contributed by atoms with Gasteiger partial charge in [0, 0.05) is 5.56 Å². The van der Waals surface area contributed by atoms with Crippen molar-refractivity contribution in [2.45, 2.75) is 24.3 Å². The van der Waals surface area contributed by atoms with Gasteiger partial charge in [0.05, 0.1) is 11.0 Å². The van der Waals surface area contributed by atoms with Crippen LogP contribution in [0.3, 0.4) is 0 Å². The summed E-state index contributed by atoms with van der Waals surface area (Å²) in [5.74, 6) is 0.463. The second kappa shape index (κ2) is 5.87. The number of thioether (sulfide) groups is 1. The lowest BCUT2D eigenvalue weighted by atomic mass is 10.1. The van der Waals surface area contributed by atoms with Crippen LogP contribution in [0, 0.1) is 12.7 Å². The largest absolute Gasteiger partial charge is 0.213 e. The SMILES string of the molecule is Cc1ccc(-c2nnc3n2N=C(c2ccc(F)cc2)[C@H](C)S3)cc1. The number of hydrogen-bond acceptors (Lipinski definition) is 4. The lowest BCUT2D eigenvalue weighted by molar-refractivity contribution is 0.627. The average molecular weight is 338 g/mol. The number of halogens is 1. The first-order chi connectivity index (χ1) is 11.6. The Morgan fingerprint density at radius 1 is 0.958 bits per heavy atom. The van der Waals surface area contributed by atoms with E-state index in [9.17, 15) is 4.39 Å². The number of rotatable bonds is 2. The van der Waals surface area contributed by atoms with Crippen LogP contribution in [0.2, 0.25) is 0 Å². The van der Waals surface area contributed by atoms with Gasteiger partial charge in [0.1, 0.15) is 5.82 Å². The summed E-state index contributed by atoms with van der Waals surface area (Å²) in [5.41, 5.74) is 3.96. The molecule has 1 aliphatic rings. The molecule has 0 saturated heterocycles. The highest BCUT2D eigenvalue weighted by Crippen LogP contribution is 2.32. The van der Waals surface area contributed by atoms with Crippen LogP contribution in [0.25, 0.3) is 11.4 Å². The highest BCUT2D eigenvalue weighted by Gasteiger charge is 2.26. The summed E-state index contributed by atoms with van der Waals surface area (Å²) >= 11 is 1.60. The van der Waals surface area contributed by atoms with Crippen LogP contribution in [-0.4, -0.2) is 25.8 Å². The van der Waals surface area contributed by atoms with E-state index in [0.717, 1.165) is 22.0 Å². The average Bonchev–Trinajstić information content (AvgIpc) is 2.98. The Hall–Kier alpha value is -2.47. The lowest BCUT2D eigenvalue weighted by Crippen LogP contribution is -2.21. The summed E-state index contributed by atoms with van der Waals surface area (Å²) in [7, 11) is 0. The first-order valence-electron chi connectivity index (χ1n) is 7.66. The topological polar surface area (TPSA) is 43.1 Å². The van der Waals surface area contributed by atoms with Crippen molar-refractivity contribution in [3.63, 3.8) is 0 Å². The zero-order valence-corrected chi connectivity index (χ0v) is 14.1. The molecule has 24 heavy (non-hydrogen) atoms. The molecule has 3 aromatic rings. The van der Waals surface area contributed by atoms with Crippen molar-refractivity contribution in [1.29, 1.82) is 0 Å². The number of benzene rings is 2. The van der Waals surface area contributed by atoms with Crippen molar-refractivity contribution < 1.29 is 4.39 Å². The molecule has 0 radical (unpaired) electrons. The maximum atomic E-state index is 13.2. The molecular weight excluding hydrogens is 323 g/mol. The van der Waals surface area contributed by atoms with Gasteiger partial charge in [0.25, 0.3) is 0 Å². The molecule has 0 bridgehead atoms. The smallest absolute Gasteiger partial charge is 0.207 e. The van der Waals surface area contributed by atoms with Crippen molar-refractivity contribution in [3.8, 4) is 11.4 Å². The zero-order chi connectivity index (χ0) is 16.7. The molecule has 6 heteroatoms. The predicted octanol–water partition coefficient (Wildman–Crippen LogP) is 4.14. The molecule has 0 fully saturated rings. The number of aryl methyl sites for hydroxylation is 1. The van der Waals surface area contributed by atoms with Gasteiger partial charge in [0.2, 0.25) is 5.16 Å². The van der Waals surface area contributed by atoms with Crippen LogP contribution in [0.4, 0.5) is 4.39 Å². The summed E-state index contributed by atoms with van der Waals surface area (Å²) in [6.45, 7) is 4.11. The van der Waals surface area contributed by atoms with Crippen molar-refractivity contribution >= 4 is 17.5 Å². The van der Waals surface area contributed by atoms with E-state index in [1.54, 1.807) is 28.6 Å². The molecule has 0 N–H and O–H groups in total. The van der Waals surface area contributed by atoms with Gasteiger partial charge in [-0.3, -0.25) is 0 Å². The Morgan fingerprint density at radius 2 is 1.62 bits per heavy atom. The van der Waals surface area contributed by atoms with E-state index in [-0.39, 0.29) is 11.1 Å². The quantitative estimate of drug-likeness (QED) is 0.705. The van der Waals surface area contributed by atoms with E-state index >= 15 is 0 Å². The third-order valence-electron chi connectivity index (χ3n) is 3.94. The van der Waals surface area contributed by atoms with Crippen molar-refractivity contribution in [2.24, 2.45) is 5.10 Å². The first-order valence-corrected chi connectivity index (χ1v) is 8.54. The predicted molar refractivity (Wildman–Crippen MR) is 93.8 cm³/mol. The second-order valence-corrected chi connectivity index (χ2v) is 7.04. The fraction of sp³-hybridized carbons (Fsp3) is 0.167. The van der Waals surface area contributed by atoms with Crippen LogP contribution in [0.5, 0.6) is 0 Å². The molecule has 1 aliphatic heterocycles. The van der Waals surface area contributed by atoms with E-state index in [1.165, 1.54) is 17.7 Å². The van der Waals surface area contributed by atoms with Crippen molar-refractivity contribution in [1.82, 2.24) is 14.9 Å². The summed E-state index contributed by atoms with van der Waals surface area (Å²) in [6, 6.07) is 14.5. The van der Waals surface area contributed by atoms with E-state index in [1.807, 2.05) is 31.2 Å². The molecule has 0 aliphatic carbocycles. The maximum absolute atomic E-state index is 13.2. The van der Waals surface area contributed by atoms with Gasteiger partial charge in [-0.15, -0.1) is 10.2 Å². The third-order valence-corrected chi connectivity index (χ3v) is 4.98. The van der Waals surface area contributed by atoms with Crippen LogP contribution in [0.1, 0.15) is 18.1 Å². The molecule has 0 saturated carbocycles. The fourth-order valence-electron chi connectivity index (χ4n) is 2.63. The Labute approximate surface area is 143 Å². The third kappa shape index (κ3) is 2.63. The van der Waals surface area contributed by atoms with Gasteiger partial charge in [0.15, 0.2) is 5.82 Å². The monoisotopic (exact) mass is 338 g/mol. The Kier molecular flexibility index (Phi) is 3.69. The Balaban J connectivity index is 1.81. The molecule has 4 rings (SSSR count). The zero-order valence-electron chi connectivity index (χ0n) is 13.3. The molecule has 120 valence electrons. The first kappa shape index (κ1) is 15.1. The van der Waals surface area contributed by atoms with Gasteiger partial charge in [-0.1, -0.05) is 53.7 Å². The van der Waals surface area contributed by atoms with Crippen molar-refractivity contribution in [3.05, 3.63) is 65.5 Å². The molecule has 0 unspecified atom stereocenters. The maximum Gasteiger partial charge on any atom is 0.213 e. The normalized spacial score (nSPS) is 16.6. The minimum Gasteiger partial charge on any atom is -0.207 e. The van der Waals surface area contributed by atoms with Gasteiger partial charge in [-0.25, -0.2) is 4.39 Å². The summed E-state index contributed by atoms with van der Waals surface area (Å²) < 4.78 is 15.0. The second-order valence-electron chi connectivity index (χ2n) is 5.74. The summed E-state index contributed by atoms with van der Waals surface area (Å²) in [4.78, 5) is 0. The summed E-state index contributed by atoms with van der Waals surface area (Å²) in [6.07, 6.45) is 0. The molecule has 0 amide bonds. The minimum atomic E-state index is -0.249. The van der Waals surface area contributed by atoms with Crippen LogP contribution >= 0.6 is 11.8 Å². The molecular formula is C18H15FN4S. The highest BCUT2D eigenvalue weighted by atomic mass is 32.2. The summed E-state index contributed by atoms with van der Waals surface area (Å²) in [5, 5.41) is 14.2. The molecule has 2 aromatic carbocycles. The number of aromatic nitrogens is 3. The van der Waals surface area contributed by atoms with Crippen LogP contribution < -0.4 is 0 Å². The van der Waals surface area contributed by atoms with Gasteiger partial charge >= 0.3 is 0 Å². The van der Waals surface area contributed by atoms with E-state index in [0.29, 0.717) is 5.82 Å².